The minimum absolute atomic E-state index is 0.0407. The molecule has 0 saturated heterocycles. The number of ether oxygens (including phenoxy) is 2. The van der Waals surface area contributed by atoms with E-state index in [2.05, 4.69) is 10.6 Å². The first-order valence-electron chi connectivity index (χ1n) is 12.8. The number of benzene rings is 1. The highest BCUT2D eigenvalue weighted by Gasteiger charge is 2.42. The third kappa shape index (κ3) is 7.72. The quantitative estimate of drug-likeness (QED) is 0.351. The Morgan fingerprint density at radius 3 is 2.03 bits per heavy atom. The summed E-state index contributed by atoms with van der Waals surface area (Å²) in [5.74, 6) is -0.485. The van der Waals surface area contributed by atoms with E-state index in [9.17, 15) is 19.5 Å². The standard InChI is InChI=1S/C29H47N3O6/c1-17(2)21(15-18(3)27(35)36)32(10)26(34)24(28(4,5)6)31-25(33)23(30-9)29(7,8)20-14-13-19(37-11)16-22(20)38-12/h13-17,21,23-24,30H,1-12H3,(H,31,33)(H,35,36)/t21-,23-,24-/m1/s1. The van der Waals surface area contributed by atoms with Gasteiger partial charge >= 0.3 is 5.97 Å². The van der Waals surface area contributed by atoms with E-state index in [0.717, 1.165) is 5.56 Å². The molecule has 0 fully saturated rings. The van der Waals surface area contributed by atoms with Gasteiger partial charge in [0.25, 0.3) is 0 Å². The summed E-state index contributed by atoms with van der Waals surface area (Å²) in [5, 5.41) is 15.5. The maximum atomic E-state index is 13.8. The Morgan fingerprint density at radius 1 is 1.03 bits per heavy atom. The molecule has 0 aromatic heterocycles. The van der Waals surface area contributed by atoms with E-state index >= 15 is 0 Å². The minimum Gasteiger partial charge on any atom is -0.497 e. The van der Waals surface area contributed by atoms with E-state index in [-0.39, 0.29) is 23.3 Å². The van der Waals surface area contributed by atoms with Gasteiger partial charge in [0.05, 0.1) is 26.3 Å². The zero-order valence-corrected chi connectivity index (χ0v) is 25.1. The average Bonchev–Trinajstić information content (AvgIpc) is 2.83. The summed E-state index contributed by atoms with van der Waals surface area (Å²) in [4.78, 5) is 40.5. The van der Waals surface area contributed by atoms with Crippen LogP contribution >= 0.6 is 0 Å². The lowest BCUT2D eigenvalue weighted by atomic mass is 9.76. The SMILES string of the molecule is CN[C@H](C(=O)N[C@H](C(=O)N(C)[C@H](C=C(C)C(=O)O)C(C)C)C(C)(C)C)C(C)(C)c1ccc(OC)cc1OC. The smallest absolute Gasteiger partial charge is 0.331 e. The van der Waals surface area contributed by atoms with Crippen LogP contribution in [0, 0.1) is 11.3 Å². The molecule has 1 rings (SSSR count). The number of nitrogens with zero attached hydrogens (tertiary/aromatic N) is 1. The summed E-state index contributed by atoms with van der Waals surface area (Å²) < 4.78 is 10.9. The molecule has 2 amide bonds. The number of likely N-dealkylation sites (N-methyl/N-ethyl adjacent to an activating group) is 2. The van der Waals surface area contributed by atoms with Gasteiger partial charge in [-0.1, -0.05) is 60.6 Å². The fourth-order valence-electron chi connectivity index (χ4n) is 4.61. The maximum absolute atomic E-state index is 13.8. The molecule has 0 saturated carbocycles. The molecule has 214 valence electrons. The van der Waals surface area contributed by atoms with Gasteiger partial charge < -0.3 is 30.1 Å². The lowest BCUT2D eigenvalue weighted by Gasteiger charge is -2.40. The largest absolute Gasteiger partial charge is 0.497 e. The molecule has 0 aliphatic carbocycles. The zero-order valence-electron chi connectivity index (χ0n) is 25.1. The maximum Gasteiger partial charge on any atom is 0.331 e. The summed E-state index contributed by atoms with van der Waals surface area (Å²) in [5.41, 5.74) is -0.380. The highest BCUT2D eigenvalue weighted by Crippen LogP contribution is 2.37. The minimum atomic E-state index is -1.04. The van der Waals surface area contributed by atoms with E-state index in [1.54, 1.807) is 40.5 Å². The number of nitrogens with one attached hydrogen (secondary N) is 2. The van der Waals surface area contributed by atoms with Crippen LogP contribution in [0.5, 0.6) is 11.5 Å². The van der Waals surface area contributed by atoms with Crippen LogP contribution in [-0.4, -0.2) is 74.2 Å². The zero-order chi connectivity index (χ0) is 29.6. The van der Waals surface area contributed by atoms with Crippen LogP contribution in [-0.2, 0) is 19.8 Å². The molecule has 1 aromatic rings. The van der Waals surface area contributed by atoms with Crippen molar-refractivity contribution in [1.29, 1.82) is 0 Å². The number of carbonyl (C=O) groups excluding carboxylic acids is 2. The van der Waals surface area contributed by atoms with Crippen LogP contribution < -0.4 is 20.1 Å². The molecule has 0 unspecified atom stereocenters. The number of rotatable bonds is 12. The Kier molecular flexibility index (Phi) is 11.4. The summed E-state index contributed by atoms with van der Waals surface area (Å²) in [6.45, 7) is 14.9. The Balaban J connectivity index is 3.41. The second kappa shape index (κ2) is 13.1. The normalized spacial score (nSPS) is 14.9. The molecule has 1 aromatic carbocycles. The van der Waals surface area contributed by atoms with Crippen LogP contribution in [0.4, 0.5) is 0 Å². The molecule has 0 heterocycles. The van der Waals surface area contributed by atoms with E-state index in [4.69, 9.17) is 9.47 Å². The van der Waals surface area contributed by atoms with Gasteiger partial charge in [0.1, 0.15) is 17.5 Å². The lowest BCUT2D eigenvalue weighted by Crippen LogP contribution is -2.61. The van der Waals surface area contributed by atoms with Crippen molar-refractivity contribution in [1.82, 2.24) is 15.5 Å². The van der Waals surface area contributed by atoms with E-state index in [0.29, 0.717) is 11.5 Å². The van der Waals surface area contributed by atoms with Crippen LogP contribution in [0.15, 0.2) is 29.8 Å². The van der Waals surface area contributed by atoms with Gasteiger partial charge in [-0.25, -0.2) is 4.79 Å². The van der Waals surface area contributed by atoms with Crippen molar-refractivity contribution in [2.24, 2.45) is 11.3 Å². The molecule has 0 aliphatic heterocycles. The molecule has 0 aliphatic rings. The topological polar surface area (TPSA) is 117 Å². The second-order valence-corrected chi connectivity index (χ2v) is 11.7. The van der Waals surface area contributed by atoms with E-state index < -0.39 is 34.9 Å². The van der Waals surface area contributed by atoms with Crippen LogP contribution in [0.2, 0.25) is 0 Å². The monoisotopic (exact) mass is 533 g/mol. The third-order valence-electron chi connectivity index (χ3n) is 7.01. The first-order chi connectivity index (χ1) is 17.4. The predicted molar refractivity (Wildman–Crippen MR) is 150 cm³/mol. The Morgan fingerprint density at radius 2 is 1.61 bits per heavy atom. The molecular weight excluding hydrogens is 486 g/mol. The fourth-order valence-corrected chi connectivity index (χ4v) is 4.61. The van der Waals surface area contributed by atoms with Crippen molar-refractivity contribution < 1.29 is 29.0 Å². The number of hydrogen-bond donors (Lipinski definition) is 3. The van der Waals surface area contributed by atoms with Gasteiger partial charge in [0.2, 0.25) is 11.8 Å². The summed E-state index contributed by atoms with van der Waals surface area (Å²) in [6, 6.07) is 3.45. The number of aliphatic carboxylic acids is 1. The average molecular weight is 534 g/mol. The van der Waals surface area contributed by atoms with Gasteiger partial charge in [-0.15, -0.1) is 0 Å². The molecule has 0 spiro atoms. The summed E-state index contributed by atoms with van der Waals surface area (Å²) in [6.07, 6.45) is 1.59. The van der Waals surface area contributed by atoms with Crippen molar-refractivity contribution in [2.75, 3.05) is 28.3 Å². The van der Waals surface area contributed by atoms with Crippen LogP contribution in [0.25, 0.3) is 0 Å². The Hall–Kier alpha value is -3.07. The fraction of sp³-hybridized carbons (Fsp3) is 0.621. The highest BCUT2D eigenvalue weighted by atomic mass is 16.5. The first kappa shape index (κ1) is 33.0. The molecular formula is C29H47N3O6. The first-order valence-corrected chi connectivity index (χ1v) is 12.8. The molecule has 3 atom stereocenters. The van der Waals surface area contributed by atoms with Gasteiger partial charge in [-0.05, 0) is 31.4 Å². The van der Waals surface area contributed by atoms with Crippen molar-refractivity contribution in [2.45, 2.75) is 78.9 Å². The number of carboxylic acid groups (broad SMARTS) is 1. The highest BCUT2D eigenvalue weighted by molar-refractivity contribution is 5.91. The molecule has 9 nitrogen and oxygen atoms in total. The second-order valence-electron chi connectivity index (χ2n) is 11.7. The van der Waals surface area contributed by atoms with Gasteiger partial charge in [0, 0.05) is 29.7 Å². The number of hydrogen-bond acceptors (Lipinski definition) is 6. The third-order valence-corrected chi connectivity index (χ3v) is 7.01. The molecule has 0 radical (unpaired) electrons. The van der Waals surface area contributed by atoms with Crippen molar-refractivity contribution in [3.8, 4) is 11.5 Å². The Bertz CT molecular complexity index is 1030. The summed E-state index contributed by atoms with van der Waals surface area (Å²) in [7, 11) is 6.49. The number of carboxylic acids is 1. The van der Waals surface area contributed by atoms with Gasteiger partial charge in [0.15, 0.2) is 0 Å². The molecule has 38 heavy (non-hydrogen) atoms. The van der Waals surface area contributed by atoms with E-state index in [1.807, 2.05) is 60.6 Å². The predicted octanol–water partition coefficient (Wildman–Crippen LogP) is 3.61. The lowest BCUT2D eigenvalue weighted by molar-refractivity contribution is -0.141. The van der Waals surface area contributed by atoms with E-state index in [1.165, 1.54) is 11.8 Å². The molecule has 3 N–H and O–H groups in total. The number of amides is 2. The van der Waals surface area contributed by atoms with Crippen LogP contribution in [0.3, 0.4) is 0 Å². The molecule has 0 bridgehead atoms. The number of methoxy groups -OCH3 is 2. The van der Waals surface area contributed by atoms with Gasteiger partial charge in [-0.2, -0.15) is 0 Å². The van der Waals surface area contributed by atoms with Crippen molar-refractivity contribution in [3.05, 3.63) is 35.4 Å². The Labute approximate surface area is 228 Å². The van der Waals surface area contributed by atoms with Crippen molar-refractivity contribution in [3.63, 3.8) is 0 Å². The van der Waals surface area contributed by atoms with Crippen molar-refractivity contribution >= 4 is 17.8 Å². The molecule has 9 heteroatoms. The van der Waals surface area contributed by atoms with Crippen LogP contribution in [0.1, 0.15) is 61.0 Å². The van der Waals surface area contributed by atoms with Gasteiger partial charge in [-0.3, -0.25) is 9.59 Å². The number of carbonyl (C=O) groups is 3. The summed E-state index contributed by atoms with van der Waals surface area (Å²) >= 11 is 0.